The Bertz CT molecular complexity index is 1160. The van der Waals surface area contributed by atoms with E-state index in [1.165, 1.54) is 12.8 Å². The monoisotopic (exact) mass is 524 g/mol. The summed E-state index contributed by atoms with van der Waals surface area (Å²) in [6.07, 6.45) is 4.84. The molecule has 2 aromatic carbocycles. The molecule has 2 atom stereocenters. The third-order valence-electron chi connectivity index (χ3n) is 5.57. The Morgan fingerprint density at radius 2 is 1.87 bits per heavy atom. The molecule has 204 valence electrons. The second-order valence-electron chi connectivity index (χ2n) is 8.69. The van der Waals surface area contributed by atoms with Gasteiger partial charge in [0.15, 0.2) is 12.2 Å². The minimum atomic E-state index is -0.480. The SMILES string of the molecule is CCC.CCC(NC(=O)O[C@H]1CCOC1)c1cccc(NC(=O)Nc2ccc(-c3cnco3)c(OC)c2)c1. The van der Waals surface area contributed by atoms with Crippen LogP contribution in [-0.4, -0.2) is 43.5 Å². The number of rotatable bonds is 8. The van der Waals surface area contributed by atoms with Crippen LogP contribution in [-0.2, 0) is 9.47 Å². The number of nitrogens with zero attached hydrogens (tertiary/aromatic N) is 1. The van der Waals surface area contributed by atoms with Crippen molar-refractivity contribution in [3.05, 3.63) is 60.6 Å². The fraction of sp³-hybridized carbons (Fsp3) is 0.393. The first-order valence-corrected chi connectivity index (χ1v) is 12.8. The molecule has 0 bridgehead atoms. The van der Waals surface area contributed by atoms with Crippen molar-refractivity contribution in [3.8, 4) is 17.1 Å². The van der Waals surface area contributed by atoms with E-state index in [1.54, 1.807) is 37.6 Å². The number of alkyl carbamates (subject to hydrolysis) is 1. The van der Waals surface area contributed by atoms with Gasteiger partial charge in [0.05, 0.1) is 38.1 Å². The number of aromatic nitrogens is 1. The third-order valence-corrected chi connectivity index (χ3v) is 5.57. The van der Waals surface area contributed by atoms with Gasteiger partial charge in [-0.3, -0.25) is 0 Å². The highest BCUT2D eigenvalue weighted by atomic mass is 16.6. The van der Waals surface area contributed by atoms with Crippen LogP contribution in [0.2, 0.25) is 0 Å². The highest BCUT2D eigenvalue weighted by Crippen LogP contribution is 2.32. The van der Waals surface area contributed by atoms with Crippen LogP contribution in [0.5, 0.6) is 5.75 Å². The topological polar surface area (TPSA) is 124 Å². The normalized spacial score (nSPS) is 15.0. The van der Waals surface area contributed by atoms with Crippen LogP contribution in [0.3, 0.4) is 0 Å². The summed E-state index contributed by atoms with van der Waals surface area (Å²) in [5.41, 5.74) is 2.71. The predicted octanol–water partition coefficient (Wildman–Crippen LogP) is 6.38. The van der Waals surface area contributed by atoms with Crippen molar-refractivity contribution in [2.45, 2.75) is 52.2 Å². The van der Waals surface area contributed by atoms with E-state index in [4.69, 9.17) is 18.6 Å². The lowest BCUT2D eigenvalue weighted by Gasteiger charge is -2.20. The second-order valence-corrected chi connectivity index (χ2v) is 8.69. The Hall–Kier alpha value is -4.05. The first kappa shape index (κ1) is 28.5. The van der Waals surface area contributed by atoms with Crippen LogP contribution >= 0.6 is 0 Å². The highest BCUT2D eigenvalue weighted by molar-refractivity contribution is 6.00. The zero-order valence-electron chi connectivity index (χ0n) is 22.3. The number of methoxy groups -OCH3 is 1. The van der Waals surface area contributed by atoms with Gasteiger partial charge in [0, 0.05) is 23.9 Å². The molecule has 3 N–H and O–H groups in total. The van der Waals surface area contributed by atoms with E-state index in [2.05, 4.69) is 34.8 Å². The average Bonchev–Trinajstić information content (AvgIpc) is 3.62. The number of urea groups is 1. The molecule has 3 amide bonds. The van der Waals surface area contributed by atoms with Crippen molar-refractivity contribution >= 4 is 23.5 Å². The van der Waals surface area contributed by atoms with E-state index in [9.17, 15) is 9.59 Å². The van der Waals surface area contributed by atoms with Crippen LogP contribution in [0.15, 0.2) is 59.5 Å². The van der Waals surface area contributed by atoms with Gasteiger partial charge in [0.1, 0.15) is 11.9 Å². The van der Waals surface area contributed by atoms with Gasteiger partial charge in [-0.05, 0) is 36.2 Å². The fourth-order valence-corrected chi connectivity index (χ4v) is 3.80. The number of carbonyl (C=O) groups is 2. The molecule has 1 saturated heterocycles. The molecular formula is C28H36N4O6. The Morgan fingerprint density at radius 3 is 2.50 bits per heavy atom. The first-order valence-electron chi connectivity index (χ1n) is 12.8. The summed E-state index contributed by atoms with van der Waals surface area (Å²) in [5.74, 6) is 1.10. The zero-order chi connectivity index (χ0) is 27.3. The maximum Gasteiger partial charge on any atom is 0.407 e. The Labute approximate surface area is 223 Å². The van der Waals surface area contributed by atoms with E-state index in [0.29, 0.717) is 48.9 Å². The van der Waals surface area contributed by atoms with Crippen LogP contribution in [0.25, 0.3) is 11.3 Å². The minimum Gasteiger partial charge on any atom is -0.496 e. The molecule has 1 aliphatic heterocycles. The summed E-state index contributed by atoms with van der Waals surface area (Å²) in [4.78, 5) is 28.8. The number of hydrogen-bond acceptors (Lipinski definition) is 7. The second kappa shape index (κ2) is 14.6. The summed E-state index contributed by atoms with van der Waals surface area (Å²) in [6.45, 7) is 7.24. The largest absolute Gasteiger partial charge is 0.496 e. The van der Waals surface area contributed by atoms with Crippen molar-refractivity contribution in [2.24, 2.45) is 0 Å². The summed E-state index contributed by atoms with van der Waals surface area (Å²) in [6, 6.07) is 11.9. The van der Waals surface area contributed by atoms with Crippen LogP contribution < -0.4 is 20.7 Å². The van der Waals surface area contributed by atoms with Crippen LogP contribution in [0.4, 0.5) is 21.0 Å². The Morgan fingerprint density at radius 1 is 1.11 bits per heavy atom. The van der Waals surface area contributed by atoms with Gasteiger partial charge in [-0.1, -0.05) is 39.3 Å². The molecule has 4 rings (SSSR count). The molecular weight excluding hydrogens is 488 g/mol. The van der Waals surface area contributed by atoms with Gasteiger partial charge in [0.2, 0.25) is 0 Å². The zero-order valence-corrected chi connectivity index (χ0v) is 22.3. The van der Waals surface area contributed by atoms with Gasteiger partial charge in [-0.15, -0.1) is 0 Å². The van der Waals surface area contributed by atoms with E-state index in [1.807, 2.05) is 25.1 Å². The van der Waals surface area contributed by atoms with Gasteiger partial charge in [-0.25, -0.2) is 14.6 Å². The fourth-order valence-electron chi connectivity index (χ4n) is 3.80. The number of oxazole rings is 1. The summed E-state index contributed by atoms with van der Waals surface area (Å²) < 4.78 is 21.4. The first-order chi connectivity index (χ1) is 18.5. The lowest BCUT2D eigenvalue weighted by Crippen LogP contribution is -2.32. The third kappa shape index (κ3) is 8.24. The van der Waals surface area contributed by atoms with Crippen LogP contribution in [0.1, 0.15) is 51.6 Å². The molecule has 0 spiro atoms. The van der Waals surface area contributed by atoms with Gasteiger partial charge >= 0.3 is 12.1 Å². The highest BCUT2D eigenvalue weighted by Gasteiger charge is 2.22. The lowest BCUT2D eigenvalue weighted by molar-refractivity contribution is 0.0806. The molecule has 0 aliphatic carbocycles. The number of carbonyl (C=O) groups excluding carboxylic acids is 2. The Kier molecular flexibility index (Phi) is 11.0. The lowest BCUT2D eigenvalue weighted by atomic mass is 10.0. The molecule has 2 heterocycles. The van der Waals surface area contributed by atoms with E-state index in [-0.39, 0.29) is 12.1 Å². The van der Waals surface area contributed by atoms with Crippen molar-refractivity contribution in [2.75, 3.05) is 31.0 Å². The number of benzene rings is 2. The number of nitrogens with one attached hydrogen (secondary N) is 3. The van der Waals surface area contributed by atoms with Gasteiger partial charge < -0.3 is 34.6 Å². The predicted molar refractivity (Wildman–Crippen MR) is 145 cm³/mol. The summed E-state index contributed by atoms with van der Waals surface area (Å²) >= 11 is 0. The van der Waals surface area contributed by atoms with Crippen LogP contribution in [0, 0.1) is 0 Å². The summed E-state index contributed by atoms with van der Waals surface area (Å²) in [5, 5.41) is 8.51. The van der Waals surface area contributed by atoms with Crippen molar-refractivity contribution in [1.82, 2.24) is 10.3 Å². The molecule has 0 radical (unpaired) electrons. The molecule has 10 heteroatoms. The molecule has 1 aromatic heterocycles. The Balaban J connectivity index is 0.00000127. The number of amides is 3. The molecule has 1 fully saturated rings. The number of hydrogen-bond donors (Lipinski definition) is 3. The van der Waals surface area contributed by atoms with E-state index < -0.39 is 12.1 Å². The van der Waals surface area contributed by atoms with E-state index >= 15 is 0 Å². The van der Waals surface area contributed by atoms with Crippen molar-refractivity contribution in [1.29, 1.82) is 0 Å². The van der Waals surface area contributed by atoms with E-state index in [0.717, 1.165) is 11.1 Å². The number of anilines is 2. The molecule has 0 saturated carbocycles. The quantitative estimate of drug-likeness (QED) is 0.312. The molecule has 10 nitrogen and oxygen atoms in total. The van der Waals surface area contributed by atoms with Crippen molar-refractivity contribution < 1.29 is 28.2 Å². The molecule has 38 heavy (non-hydrogen) atoms. The molecule has 1 unspecified atom stereocenters. The minimum absolute atomic E-state index is 0.215. The van der Waals surface area contributed by atoms with Gasteiger partial charge in [-0.2, -0.15) is 0 Å². The molecule has 1 aliphatic rings. The summed E-state index contributed by atoms with van der Waals surface area (Å²) in [7, 11) is 1.54. The maximum atomic E-state index is 12.6. The smallest absolute Gasteiger partial charge is 0.407 e. The standard InChI is InChI=1S/C25H28N4O6.C3H8/c1-3-21(29-25(31)35-19-9-10-33-14-19)16-5-4-6-17(11-16)27-24(30)28-18-7-8-20(22(12-18)32-2)23-13-26-15-34-23;1-3-2/h4-8,11-13,15,19,21H,3,9-10,14H2,1-2H3,(H,29,31)(H2,27,28,30);3H2,1-2H3/t19-,21?;/m0./s1. The van der Waals surface area contributed by atoms with Gasteiger partial charge in [0.25, 0.3) is 0 Å². The number of ether oxygens (including phenoxy) is 3. The maximum absolute atomic E-state index is 12.6. The average molecular weight is 525 g/mol. The molecule has 3 aromatic rings. The van der Waals surface area contributed by atoms with Crippen molar-refractivity contribution in [3.63, 3.8) is 0 Å².